The van der Waals surface area contributed by atoms with Crippen molar-refractivity contribution in [3.05, 3.63) is 0 Å². The fraction of sp³-hybridized carbons (Fsp3) is 1.00. The molecule has 0 aliphatic carbocycles. The summed E-state index contributed by atoms with van der Waals surface area (Å²) in [4.78, 5) is 5.37. The first-order valence-electron chi connectivity index (χ1n) is 7.53. The van der Waals surface area contributed by atoms with E-state index >= 15 is 0 Å². The van der Waals surface area contributed by atoms with E-state index in [4.69, 9.17) is 5.73 Å². The average Bonchev–Trinajstić information content (AvgIpc) is 2.86. The first-order valence-corrected chi connectivity index (χ1v) is 7.53. The number of nitrogens with two attached hydrogens (primary N) is 1. The van der Waals surface area contributed by atoms with Crippen LogP contribution in [-0.4, -0.2) is 54.6 Å². The molecular weight excluding hydrogens is 210 g/mol. The minimum atomic E-state index is 0.634. The van der Waals surface area contributed by atoms with E-state index in [-0.39, 0.29) is 0 Å². The van der Waals surface area contributed by atoms with E-state index in [1.165, 1.54) is 64.7 Å². The smallest absolute Gasteiger partial charge is 0.0235 e. The highest BCUT2D eigenvalue weighted by atomic mass is 15.3. The van der Waals surface area contributed by atoms with Gasteiger partial charge in [-0.1, -0.05) is 19.8 Å². The van der Waals surface area contributed by atoms with Crippen LogP contribution in [0.25, 0.3) is 0 Å². The maximum Gasteiger partial charge on any atom is 0.0235 e. The molecule has 2 atom stereocenters. The molecule has 0 bridgehead atoms. The average molecular weight is 239 g/mol. The molecule has 2 aliphatic heterocycles. The number of hydrogen-bond donors (Lipinski definition) is 1. The van der Waals surface area contributed by atoms with Crippen LogP contribution < -0.4 is 5.73 Å². The Labute approximate surface area is 106 Å². The lowest BCUT2D eigenvalue weighted by Gasteiger charge is -2.33. The lowest BCUT2D eigenvalue weighted by Crippen LogP contribution is -2.44. The van der Waals surface area contributed by atoms with Gasteiger partial charge in [0.15, 0.2) is 0 Å². The minimum absolute atomic E-state index is 0.634. The second-order valence-corrected chi connectivity index (χ2v) is 5.71. The Kier molecular flexibility index (Phi) is 5.26. The molecular formula is C14H29N3. The van der Waals surface area contributed by atoms with Crippen LogP contribution in [0.3, 0.4) is 0 Å². The summed E-state index contributed by atoms with van der Waals surface area (Å²) in [6, 6.07) is 1.45. The van der Waals surface area contributed by atoms with E-state index < -0.39 is 0 Å². The molecule has 3 heteroatoms. The Hall–Kier alpha value is -0.120. The lowest BCUT2D eigenvalue weighted by molar-refractivity contribution is 0.150. The second kappa shape index (κ2) is 6.72. The van der Waals surface area contributed by atoms with Gasteiger partial charge < -0.3 is 5.73 Å². The molecule has 0 aromatic heterocycles. The summed E-state index contributed by atoms with van der Waals surface area (Å²) in [6.45, 7) is 8.30. The fourth-order valence-electron chi connectivity index (χ4n) is 3.46. The number of rotatable bonds is 5. The van der Waals surface area contributed by atoms with Crippen LogP contribution in [-0.2, 0) is 0 Å². The third-order valence-corrected chi connectivity index (χ3v) is 4.51. The fourth-order valence-corrected chi connectivity index (χ4v) is 3.46. The maximum atomic E-state index is 5.91. The first-order chi connectivity index (χ1) is 8.35. The van der Waals surface area contributed by atoms with Crippen LogP contribution >= 0.6 is 0 Å². The van der Waals surface area contributed by atoms with Gasteiger partial charge in [0.25, 0.3) is 0 Å². The summed E-state index contributed by atoms with van der Waals surface area (Å²) < 4.78 is 0. The number of likely N-dealkylation sites (tertiary alicyclic amines) is 2. The minimum Gasteiger partial charge on any atom is -0.329 e. The van der Waals surface area contributed by atoms with Gasteiger partial charge in [-0.25, -0.2) is 0 Å². The highest BCUT2D eigenvalue weighted by Gasteiger charge is 2.31. The molecule has 2 rings (SSSR count). The molecule has 0 aromatic rings. The molecule has 2 fully saturated rings. The Morgan fingerprint density at radius 2 is 1.94 bits per heavy atom. The van der Waals surface area contributed by atoms with Crippen LogP contribution in [0, 0.1) is 0 Å². The van der Waals surface area contributed by atoms with Crippen molar-refractivity contribution in [1.29, 1.82) is 0 Å². The van der Waals surface area contributed by atoms with Gasteiger partial charge in [0.05, 0.1) is 0 Å². The third kappa shape index (κ3) is 3.43. The summed E-state index contributed by atoms with van der Waals surface area (Å²) in [7, 11) is 0. The van der Waals surface area contributed by atoms with Crippen molar-refractivity contribution < 1.29 is 0 Å². The van der Waals surface area contributed by atoms with Crippen LogP contribution in [0.2, 0.25) is 0 Å². The van der Waals surface area contributed by atoms with Crippen molar-refractivity contribution in [3.8, 4) is 0 Å². The number of nitrogens with zero attached hydrogens (tertiary/aromatic N) is 2. The zero-order chi connectivity index (χ0) is 12.1. The van der Waals surface area contributed by atoms with Gasteiger partial charge in [-0.3, -0.25) is 9.80 Å². The van der Waals surface area contributed by atoms with Crippen molar-refractivity contribution in [2.45, 2.75) is 57.5 Å². The van der Waals surface area contributed by atoms with Crippen LogP contribution in [0.5, 0.6) is 0 Å². The molecule has 17 heavy (non-hydrogen) atoms. The Bertz CT molecular complexity index is 203. The van der Waals surface area contributed by atoms with Crippen LogP contribution in [0.4, 0.5) is 0 Å². The molecule has 0 radical (unpaired) electrons. The zero-order valence-corrected chi connectivity index (χ0v) is 11.4. The molecule has 2 unspecified atom stereocenters. The number of piperidine rings is 1. The highest BCUT2D eigenvalue weighted by molar-refractivity contribution is 4.88. The van der Waals surface area contributed by atoms with Gasteiger partial charge in [-0.05, 0) is 38.8 Å². The molecule has 0 aromatic carbocycles. The molecule has 2 N–H and O–H groups in total. The molecule has 2 saturated heterocycles. The van der Waals surface area contributed by atoms with E-state index in [2.05, 4.69) is 16.7 Å². The van der Waals surface area contributed by atoms with Crippen molar-refractivity contribution in [1.82, 2.24) is 9.80 Å². The van der Waals surface area contributed by atoms with Crippen molar-refractivity contribution >= 4 is 0 Å². The quantitative estimate of drug-likeness (QED) is 0.792. The predicted octanol–water partition coefficient (Wildman–Crippen LogP) is 1.67. The van der Waals surface area contributed by atoms with Gasteiger partial charge >= 0.3 is 0 Å². The largest absolute Gasteiger partial charge is 0.329 e. The zero-order valence-electron chi connectivity index (χ0n) is 11.4. The van der Waals surface area contributed by atoms with Gasteiger partial charge in [-0.2, -0.15) is 0 Å². The van der Waals surface area contributed by atoms with Gasteiger partial charge in [0.2, 0.25) is 0 Å². The van der Waals surface area contributed by atoms with Crippen LogP contribution in [0.15, 0.2) is 0 Å². The van der Waals surface area contributed by atoms with Crippen molar-refractivity contribution in [2.24, 2.45) is 5.73 Å². The third-order valence-electron chi connectivity index (χ3n) is 4.51. The monoisotopic (exact) mass is 239 g/mol. The lowest BCUT2D eigenvalue weighted by atomic mass is 10.1. The molecule has 0 spiro atoms. The van der Waals surface area contributed by atoms with Crippen molar-refractivity contribution in [3.63, 3.8) is 0 Å². The second-order valence-electron chi connectivity index (χ2n) is 5.71. The number of hydrogen-bond acceptors (Lipinski definition) is 3. The Morgan fingerprint density at radius 3 is 2.59 bits per heavy atom. The summed E-state index contributed by atoms with van der Waals surface area (Å²) in [6.07, 6.45) is 8.14. The van der Waals surface area contributed by atoms with Gasteiger partial charge in [0.1, 0.15) is 0 Å². The van der Waals surface area contributed by atoms with Gasteiger partial charge in [0, 0.05) is 31.7 Å². The standard InChI is InChI=1S/C14H29N3/c1-2-6-13(11-15)17-10-7-14(12-17)16-8-4-3-5-9-16/h13-14H,2-12,15H2,1H3. The normalized spacial score (nSPS) is 29.6. The van der Waals surface area contributed by atoms with Gasteiger partial charge in [-0.15, -0.1) is 0 Å². The SMILES string of the molecule is CCCC(CN)N1CCC(N2CCCCC2)C1. The molecule has 0 amide bonds. The summed E-state index contributed by atoms with van der Waals surface area (Å²) in [5, 5.41) is 0. The molecule has 2 heterocycles. The van der Waals surface area contributed by atoms with E-state index in [0.717, 1.165) is 12.6 Å². The summed E-state index contributed by atoms with van der Waals surface area (Å²) in [5.41, 5.74) is 5.91. The van der Waals surface area contributed by atoms with E-state index in [9.17, 15) is 0 Å². The summed E-state index contributed by atoms with van der Waals surface area (Å²) in [5.74, 6) is 0. The van der Waals surface area contributed by atoms with E-state index in [0.29, 0.717) is 6.04 Å². The van der Waals surface area contributed by atoms with E-state index in [1.54, 1.807) is 0 Å². The molecule has 2 aliphatic rings. The summed E-state index contributed by atoms with van der Waals surface area (Å²) >= 11 is 0. The molecule has 0 saturated carbocycles. The predicted molar refractivity (Wildman–Crippen MR) is 73.2 cm³/mol. The Balaban J connectivity index is 1.81. The van der Waals surface area contributed by atoms with E-state index in [1.807, 2.05) is 0 Å². The molecule has 3 nitrogen and oxygen atoms in total. The van der Waals surface area contributed by atoms with Crippen molar-refractivity contribution in [2.75, 3.05) is 32.7 Å². The van der Waals surface area contributed by atoms with Crippen LogP contribution in [0.1, 0.15) is 45.4 Å². The first kappa shape index (κ1) is 13.3. The molecule has 100 valence electrons. The highest BCUT2D eigenvalue weighted by Crippen LogP contribution is 2.22. The Morgan fingerprint density at radius 1 is 1.18 bits per heavy atom. The maximum absolute atomic E-state index is 5.91. The topological polar surface area (TPSA) is 32.5 Å².